The molecule has 0 spiro atoms. The van der Waals surface area contributed by atoms with Gasteiger partial charge in [-0.05, 0) is 75.2 Å². The molecule has 0 aliphatic heterocycles. The zero-order valence-corrected chi connectivity index (χ0v) is 24.1. The minimum absolute atomic E-state index is 0.265. The maximum atomic E-state index is 13.2. The molecule has 0 aliphatic carbocycles. The fourth-order valence-electron chi connectivity index (χ4n) is 4.03. The molecule has 2 aromatic carbocycles. The van der Waals surface area contributed by atoms with Crippen molar-refractivity contribution in [3.63, 3.8) is 0 Å². The second-order valence-electron chi connectivity index (χ2n) is 10.7. The lowest BCUT2D eigenvalue weighted by Crippen LogP contribution is -2.27. The smallest absolute Gasteiger partial charge is 0.416 e. The van der Waals surface area contributed by atoms with Gasteiger partial charge in [0.2, 0.25) is 5.88 Å². The number of aryl methyl sites for hydroxylation is 1. The SMILES string of the molecule is Cc1ccc(-c2ccc(C(F)(F)F)cc2)c(C(=O)Nc2ccc(OCCc3cccc(NC(=O)OC(C)(C)C)n3)nc2)c1. The second-order valence-corrected chi connectivity index (χ2v) is 10.7. The second kappa shape index (κ2) is 12.9. The third-order valence-electron chi connectivity index (χ3n) is 5.98. The van der Waals surface area contributed by atoms with Crippen LogP contribution in [0.3, 0.4) is 0 Å². The summed E-state index contributed by atoms with van der Waals surface area (Å²) < 4.78 is 49.9. The number of aromatic nitrogens is 2. The molecule has 4 aromatic rings. The largest absolute Gasteiger partial charge is 0.477 e. The number of rotatable bonds is 8. The predicted octanol–water partition coefficient (Wildman–Crippen LogP) is 7.69. The molecule has 0 fully saturated rings. The molecular formula is C32H31F3N4O4. The summed E-state index contributed by atoms with van der Waals surface area (Å²) in [4.78, 5) is 33.8. The zero-order chi connectivity index (χ0) is 31.2. The third-order valence-corrected chi connectivity index (χ3v) is 5.98. The molecule has 224 valence electrons. The number of amides is 2. The molecule has 0 saturated heterocycles. The van der Waals surface area contributed by atoms with E-state index in [0.29, 0.717) is 46.2 Å². The van der Waals surface area contributed by atoms with Crippen molar-refractivity contribution >= 4 is 23.5 Å². The average Bonchev–Trinajstić information content (AvgIpc) is 2.93. The zero-order valence-electron chi connectivity index (χ0n) is 24.1. The fraction of sp³-hybridized carbons (Fsp3) is 0.250. The van der Waals surface area contributed by atoms with Crippen molar-refractivity contribution in [2.24, 2.45) is 0 Å². The number of hydrogen-bond acceptors (Lipinski definition) is 6. The van der Waals surface area contributed by atoms with Crippen molar-refractivity contribution in [1.29, 1.82) is 0 Å². The van der Waals surface area contributed by atoms with Crippen LogP contribution in [0.15, 0.2) is 79.0 Å². The first-order chi connectivity index (χ1) is 20.3. The molecule has 11 heteroatoms. The van der Waals surface area contributed by atoms with E-state index in [-0.39, 0.29) is 6.61 Å². The molecule has 0 radical (unpaired) electrons. The van der Waals surface area contributed by atoms with Crippen LogP contribution in [-0.4, -0.2) is 34.2 Å². The van der Waals surface area contributed by atoms with Crippen molar-refractivity contribution in [3.8, 4) is 17.0 Å². The summed E-state index contributed by atoms with van der Waals surface area (Å²) >= 11 is 0. The van der Waals surface area contributed by atoms with Crippen LogP contribution in [-0.2, 0) is 17.3 Å². The van der Waals surface area contributed by atoms with Crippen LogP contribution >= 0.6 is 0 Å². The molecule has 2 N–H and O–H groups in total. The van der Waals surface area contributed by atoms with Gasteiger partial charge >= 0.3 is 12.3 Å². The number of benzene rings is 2. The van der Waals surface area contributed by atoms with Gasteiger partial charge in [0, 0.05) is 23.7 Å². The number of alkyl halides is 3. The summed E-state index contributed by atoms with van der Waals surface area (Å²) in [5.41, 5.74) is 1.85. The van der Waals surface area contributed by atoms with Gasteiger partial charge in [0.25, 0.3) is 5.91 Å². The topological polar surface area (TPSA) is 102 Å². The van der Waals surface area contributed by atoms with E-state index in [4.69, 9.17) is 9.47 Å². The Morgan fingerprint density at radius 2 is 1.65 bits per heavy atom. The Morgan fingerprint density at radius 3 is 2.30 bits per heavy atom. The number of halogens is 3. The lowest BCUT2D eigenvalue weighted by molar-refractivity contribution is -0.137. The van der Waals surface area contributed by atoms with Gasteiger partial charge in [0.05, 0.1) is 24.1 Å². The quantitative estimate of drug-likeness (QED) is 0.218. The normalized spacial score (nSPS) is 11.5. The summed E-state index contributed by atoms with van der Waals surface area (Å²) in [6.45, 7) is 7.41. The minimum Gasteiger partial charge on any atom is -0.477 e. The summed E-state index contributed by atoms with van der Waals surface area (Å²) in [6.07, 6.45) is -3.14. The number of hydrogen-bond donors (Lipinski definition) is 2. The highest BCUT2D eigenvalue weighted by atomic mass is 19.4. The summed E-state index contributed by atoms with van der Waals surface area (Å²) in [7, 11) is 0. The number of anilines is 2. The van der Waals surface area contributed by atoms with Crippen LogP contribution in [0, 0.1) is 6.92 Å². The van der Waals surface area contributed by atoms with Gasteiger partial charge in [-0.2, -0.15) is 13.2 Å². The van der Waals surface area contributed by atoms with Gasteiger partial charge in [-0.15, -0.1) is 0 Å². The van der Waals surface area contributed by atoms with E-state index >= 15 is 0 Å². The molecule has 4 rings (SSSR count). The van der Waals surface area contributed by atoms with Crippen LogP contribution in [0.25, 0.3) is 11.1 Å². The van der Waals surface area contributed by atoms with Crippen LogP contribution < -0.4 is 15.4 Å². The summed E-state index contributed by atoms with van der Waals surface area (Å²) in [6, 6.07) is 18.3. The molecule has 2 aromatic heterocycles. The first-order valence-corrected chi connectivity index (χ1v) is 13.4. The van der Waals surface area contributed by atoms with Gasteiger partial charge in [0.1, 0.15) is 11.4 Å². The molecule has 0 atom stereocenters. The molecular weight excluding hydrogens is 561 g/mol. The molecule has 43 heavy (non-hydrogen) atoms. The van der Waals surface area contributed by atoms with Gasteiger partial charge in [-0.1, -0.05) is 35.9 Å². The van der Waals surface area contributed by atoms with Gasteiger partial charge in [0.15, 0.2) is 0 Å². The van der Waals surface area contributed by atoms with Crippen molar-refractivity contribution < 1.29 is 32.2 Å². The molecule has 0 saturated carbocycles. The number of nitrogens with zero attached hydrogens (tertiary/aromatic N) is 2. The predicted molar refractivity (Wildman–Crippen MR) is 157 cm³/mol. The number of nitrogens with one attached hydrogen (secondary N) is 2. The molecule has 8 nitrogen and oxygen atoms in total. The van der Waals surface area contributed by atoms with E-state index in [9.17, 15) is 22.8 Å². The van der Waals surface area contributed by atoms with E-state index in [0.717, 1.165) is 17.7 Å². The summed E-state index contributed by atoms with van der Waals surface area (Å²) in [5, 5.41) is 5.39. The van der Waals surface area contributed by atoms with Crippen molar-refractivity contribution in [2.45, 2.75) is 45.9 Å². The van der Waals surface area contributed by atoms with Crippen molar-refractivity contribution in [2.75, 3.05) is 17.2 Å². The van der Waals surface area contributed by atoms with Crippen LogP contribution in [0.1, 0.15) is 48.0 Å². The van der Waals surface area contributed by atoms with Crippen molar-refractivity contribution in [3.05, 3.63) is 101 Å². The summed E-state index contributed by atoms with van der Waals surface area (Å²) in [5.74, 6) is 0.266. The molecule has 2 amide bonds. The molecule has 0 bridgehead atoms. The first-order valence-electron chi connectivity index (χ1n) is 13.4. The minimum atomic E-state index is -4.45. The maximum Gasteiger partial charge on any atom is 0.416 e. The Morgan fingerprint density at radius 1 is 0.907 bits per heavy atom. The lowest BCUT2D eigenvalue weighted by Gasteiger charge is -2.19. The van der Waals surface area contributed by atoms with Crippen LogP contribution in [0.5, 0.6) is 5.88 Å². The Kier molecular flexibility index (Phi) is 9.33. The highest BCUT2D eigenvalue weighted by Crippen LogP contribution is 2.32. The van der Waals surface area contributed by atoms with E-state index in [1.165, 1.54) is 18.3 Å². The Labute approximate surface area is 247 Å². The van der Waals surface area contributed by atoms with Gasteiger partial charge in [-0.25, -0.2) is 14.8 Å². The Hall–Kier alpha value is -4.93. The molecule has 0 unspecified atom stereocenters. The lowest BCUT2D eigenvalue weighted by atomic mass is 9.96. The molecule has 0 aliphatic rings. The molecule has 2 heterocycles. The maximum absolute atomic E-state index is 13.2. The fourth-order valence-corrected chi connectivity index (χ4v) is 4.03. The first kappa shape index (κ1) is 31.0. The van der Waals surface area contributed by atoms with E-state index in [2.05, 4.69) is 20.6 Å². The number of pyridine rings is 2. The number of ether oxygens (including phenoxy) is 2. The van der Waals surface area contributed by atoms with Gasteiger partial charge in [-0.3, -0.25) is 10.1 Å². The van der Waals surface area contributed by atoms with E-state index in [1.54, 1.807) is 69.3 Å². The Bertz CT molecular complexity index is 1580. The third kappa shape index (κ3) is 9.03. The van der Waals surface area contributed by atoms with Crippen LogP contribution in [0.4, 0.5) is 29.5 Å². The standard InChI is InChI=1S/C32H31F3N4O4/c1-20-8-14-25(21-9-11-22(12-10-21)32(33,34)35)26(18-20)29(40)38-24-13-15-28(36-19-24)42-17-16-23-6-5-7-27(37-23)39-30(41)43-31(2,3)4/h5-15,18-19H,16-17H2,1-4H3,(H,38,40)(H,37,39,41). The van der Waals surface area contributed by atoms with E-state index < -0.39 is 29.3 Å². The monoisotopic (exact) mass is 592 g/mol. The number of carbonyl (C=O) groups is 2. The Balaban J connectivity index is 1.35. The van der Waals surface area contributed by atoms with Gasteiger partial charge < -0.3 is 14.8 Å². The van der Waals surface area contributed by atoms with Crippen molar-refractivity contribution in [1.82, 2.24) is 9.97 Å². The highest BCUT2D eigenvalue weighted by molar-refractivity contribution is 6.08. The number of carbonyl (C=O) groups excluding carboxylic acids is 2. The average molecular weight is 593 g/mol. The van der Waals surface area contributed by atoms with Crippen LogP contribution in [0.2, 0.25) is 0 Å². The van der Waals surface area contributed by atoms with E-state index in [1.807, 2.05) is 6.92 Å². The highest BCUT2D eigenvalue weighted by Gasteiger charge is 2.30.